The van der Waals surface area contributed by atoms with Crippen molar-refractivity contribution in [3.63, 3.8) is 0 Å². The van der Waals surface area contributed by atoms with Crippen molar-refractivity contribution in [3.8, 4) is 5.75 Å². The SMILES string of the molecule is C=CCN1C(=O)/C(=C\c2cc([N+](=O)[O-])ccc2[O-])SC1=S. The third-order valence-corrected chi connectivity index (χ3v) is 4.05. The molecule has 0 radical (unpaired) electrons. The van der Waals surface area contributed by atoms with Gasteiger partial charge in [-0.1, -0.05) is 36.1 Å². The van der Waals surface area contributed by atoms with Gasteiger partial charge >= 0.3 is 0 Å². The summed E-state index contributed by atoms with van der Waals surface area (Å²) in [5, 5.41) is 22.5. The van der Waals surface area contributed by atoms with E-state index in [4.69, 9.17) is 12.2 Å². The smallest absolute Gasteiger partial charge is 0.269 e. The molecule has 0 N–H and O–H groups in total. The maximum atomic E-state index is 12.1. The van der Waals surface area contributed by atoms with Crippen LogP contribution in [0.4, 0.5) is 5.69 Å². The Labute approximate surface area is 129 Å². The van der Waals surface area contributed by atoms with E-state index in [9.17, 15) is 20.0 Å². The molecule has 6 nitrogen and oxygen atoms in total. The van der Waals surface area contributed by atoms with Gasteiger partial charge in [0, 0.05) is 18.7 Å². The molecule has 0 unspecified atom stereocenters. The third-order valence-electron chi connectivity index (χ3n) is 2.68. The van der Waals surface area contributed by atoms with Crippen molar-refractivity contribution in [1.82, 2.24) is 4.90 Å². The molecule has 1 aromatic rings. The van der Waals surface area contributed by atoms with Crippen LogP contribution in [-0.4, -0.2) is 26.6 Å². The molecule has 1 amide bonds. The second kappa shape index (κ2) is 6.06. The van der Waals surface area contributed by atoms with Crippen molar-refractivity contribution in [2.75, 3.05) is 6.54 Å². The molecule has 0 bridgehead atoms. The second-order valence-electron chi connectivity index (χ2n) is 4.06. The van der Waals surface area contributed by atoms with Crippen LogP contribution in [0, 0.1) is 10.1 Å². The third kappa shape index (κ3) is 3.11. The molecule has 1 saturated heterocycles. The van der Waals surface area contributed by atoms with Crippen molar-refractivity contribution >= 4 is 46.0 Å². The molecule has 0 aliphatic carbocycles. The van der Waals surface area contributed by atoms with Gasteiger partial charge in [0.1, 0.15) is 4.32 Å². The molecule has 0 saturated carbocycles. The van der Waals surface area contributed by atoms with Crippen LogP contribution in [0.25, 0.3) is 6.08 Å². The molecular formula is C13H9N2O4S2-. The number of nitrogens with zero attached hydrogens (tertiary/aromatic N) is 2. The Morgan fingerprint density at radius 1 is 1.48 bits per heavy atom. The van der Waals surface area contributed by atoms with Gasteiger partial charge in [-0.25, -0.2) is 0 Å². The number of rotatable bonds is 4. The number of hydrogen-bond donors (Lipinski definition) is 0. The Balaban J connectivity index is 2.38. The predicted octanol–water partition coefficient (Wildman–Crippen LogP) is 2.06. The lowest BCUT2D eigenvalue weighted by Crippen LogP contribution is -2.27. The molecule has 1 aliphatic heterocycles. The molecule has 0 aromatic heterocycles. The quantitative estimate of drug-likeness (QED) is 0.277. The van der Waals surface area contributed by atoms with E-state index in [1.165, 1.54) is 11.0 Å². The van der Waals surface area contributed by atoms with E-state index in [1.54, 1.807) is 6.08 Å². The minimum atomic E-state index is -0.598. The number of carbonyl (C=O) groups is 1. The monoisotopic (exact) mass is 321 g/mol. The van der Waals surface area contributed by atoms with Gasteiger partial charge in [-0.15, -0.1) is 12.3 Å². The maximum absolute atomic E-state index is 12.1. The highest BCUT2D eigenvalue weighted by Crippen LogP contribution is 2.34. The largest absolute Gasteiger partial charge is 0.872 e. The Kier molecular flexibility index (Phi) is 4.39. The van der Waals surface area contributed by atoms with Gasteiger partial charge in [0.2, 0.25) is 0 Å². The fourth-order valence-corrected chi connectivity index (χ4v) is 2.96. The fourth-order valence-electron chi connectivity index (χ4n) is 1.69. The van der Waals surface area contributed by atoms with E-state index in [0.717, 1.165) is 30.0 Å². The zero-order valence-corrected chi connectivity index (χ0v) is 12.3. The molecule has 21 heavy (non-hydrogen) atoms. The van der Waals surface area contributed by atoms with Gasteiger partial charge in [-0.3, -0.25) is 19.8 Å². The molecule has 1 aliphatic rings. The van der Waals surface area contributed by atoms with Crippen molar-refractivity contribution in [3.05, 3.63) is 51.4 Å². The second-order valence-corrected chi connectivity index (χ2v) is 5.74. The molecular weight excluding hydrogens is 312 g/mol. The average molecular weight is 321 g/mol. The molecule has 108 valence electrons. The highest BCUT2D eigenvalue weighted by molar-refractivity contribution is 8.26. The van der Waals surface area contributed by atoms with Crippen molar-refractivity contribution < 1.29 is 14.8 Å². The van der Waals surface area contributed by atoms with Crippen molar-refractivity contribution in [1.29, 1.82) is 0 Å². The average Bonchev–Trinajstić information content (AvgIpc) is 2.69. The lowest BCUT2D eigenvalue weighted by molar-refractivity contribution is -0.385. The number of non-ortho nitro benzene ring substituents is 1. The highest BCUT2D eigenvalue weighted by atomic mass is 32.2. The first-order valence-electron chi connectivity index (χ1n) is 5.75. The minimum absolute atomic E-state index is 0.0864. The molecule has 0 spiro atoms. The number of thiocarbonyl (C=S) groups is 1. The number of nitro groups is 1. The topological polar surface area (TPSA) is 86.5 Å². The van der Waals surface area contributed by atoms with E-state index in [-0.39, 0.29) is 28.6 Å². The van der Waals surface area contributed by atoms with Gasteiger partial charge in [-0.2, -0.15) is 0 Å². The Morgan fingerprint density at radius 3 is 2.81 bits per heavy atom. The summed E-state index contributed by atoms with van der Waals surface area (Å²) in [5.41, 5.74) is -0.120. The highest BCUT2D eigenvalue weighted by Gasteiger charge is 2.31. The molecule has 8 heteroatoms. The van der Waals surface area contributed by atoms with Gasteiger partial charge < -0.3 is 5.11 Å². The van der Waals surface area contributed by atoms with Gasteiger partial charge in [0.25, 0.3) is 11.6 Å². The molecule has 2 rings (SSSR count). The van der Waals surface area contributed by atoms with E-state index >= 15 is 0 Å². The van der Waals surface area contributed by atoms with E-state index in [1.807, 2.05) is 0 Å². The fraction of sp³-hybridized carbons (Fsp3) is 0.0769. The van der Waals surface area contributed by atoms with Gasteiger partial charge in [-0.05, 0) is 11.6 Å². The van der Waals surface area contributed by atoms with E-state index in [0.29, 0.717) is 4.32 Å². The normalized spacial score (nSPS) is 16.6. The standard InChI is InChI=1S/C13H10N2O4S2/c1-2-5-14-12(17)11(21-13(14)20)7-8-6-9(15(18)19)3-4-10(8)16/h2-4,6-7,16H,1,5H2/p-1/b11-7+. The summed E-state index contributed by atoms with van der Waals surface area (Å²) >= 11 is 6.12. The summed E-state index contributed by atoms with van der Waals surface area (Å²) in [6, 6.07) is 3.37. The summed E-state index contributed by atoms with van der Waals surface area (Å²) in [6.45, 7) is 3.82. The Hall–Kier alpha value is -2.19. The number of hydrogen-bond acceptors (Lipinski definition) is 6. The zero-order chi connectivity index (χ0) is 15.6. The summed E-state index contributed by atoms with van der Waals surface area (Å²) in [4.78, 5) is 23.8. The first kappa shape index (κ1) is 15.2. The van der Waals surface area contributed by atoms with Crippen molar-refractivity contribution in [2.45, 2.75) is 0 Å². The lowest BCUT2D eigenvalue weighted by atomic mass is 10.1. The number of amides is 1. The molecule has 1 fully saturated rings. The summed E-state index contributed by atoms with van der Waals surface area (Å²) in [5.74, 6) is -0.731. The van der Waals surface area contributed by atoms with Crippen LogP contribution >= 0.6 is 24.0 Å². The Bertz CT molecular complexity index is 685. The van der Waals surface area contributed by atoms with Crippen LogP contribution in [0.15, 0.2) is 35.8 Å². The Morgan fingerprint density at radius 2 is 2.19 bits per heavy atom. The number of thioether (sulfide) groups is 1. The predicted molar refractivity (Wildman–Crippen MR) is 82.6 cm³/mol. The number of carbonyl (C=O) groups excluding carboxylic acids is 1. The zero-order valence-electron chi connectivity index (χ0n) is 10.6. The molecule has 1 heterocycles. The van der Waals surface area contributed by atoms with Crippen LogP contribution in [-0.2, 0) is 4.79 Å². The van der Waals surface area contributed by atoms with Crippen molar-refractivity contribution in [2.24, 2.45) is 0 Å². The van der Waals surface area contributed by atoms with Gasteiger partial charge in [0.15, 0.2) is 0 Å². The van der Waals surface area contributed by atoms with Crippen LogP contribution in [0.5, 0.6) is 5.75 Å². The van der Waals surface area contributed by atoms with Crippen LogP contribution in [0.3, 0.4) is 0 Å². The van der Waals surface area contributed by atoms with E-state index < -0.39 is 10.7 Å². The maximum Gasteiger partial charge on any atom is 0.269 e. The summed E-state index contributed by atoms with van der Waals surface area (Å²) in [7, 11) is 0. The van der Waals surface area contributed by atoms with Crippen LogP contribution in [0.1, 0.15) is 5.56 Å². The summed E-state index contributed by atoms with van der Waals surface area (Å²) in [6.07, 6.45) is 2.87. The van der Waals surface area contributed by atoms with Gasteiger partial charge in [0.05, 0.1) is 9.83 Å². The summed E-state index contributed by atoms with van der Waals surface area (Å²) < 4.78 is 0.365. The lowest BCUT2D eigenvalue weighted by Gasteiger charge is -2.11. The molecule has 1 aromatic carbocycles. The first-order chi connectivity index (χ1) is 9.93. The number of benzene rings is 1. The first-order valence-corrected chi connectivity index (χ1v) is 6.98. The van der Waals surface area contributed by atoms with E-state index in [2.05, 4.69) is 6.58 Å². The minimum Gasteiger partial charge on any atom is -0.872 e. The van der Waals surface area contributed by atoms with Crippen LogP contribution < -0.4 is 5.11 Å². The molecule has 0 atom stereocenters. The van der Waals surface area contributed by atoms with Crippen LogP contribution in [0.2, 0.25) is 0 Å². The number of nitro benzene ring substituents is 1.